The number of hydrogen-bond acceptors (Lipinski definition) is 7. The Balaban J connectivity index is 1.47. The SMILES string of the molecule is CC(=O)O[C@H]1CC[C@@]23Oc4c(c(O)cc5c4CN(CCCCC(N)C(=O)O)C5=O)C[C@]2(C)[C@@H](C)CC[C@H]3C1(C)C. The number of esters is 1. The fourth-order valence-electron chi connectivity index (χ4n) is 8.46. The summed E-state index contributed by atoms with van der Waals surface area (Å²) in [6.45, 7) is 11.3. The minimum absolute atomic E-state index is 0.106. The highest BCUT2D eigenvalue weighted by atomic mass is 16.5. The van der Waals surface area contributed by atoms with Crippen LogP contribution in [0.5, 0.6) is 11.5 Å². The van der Waals surface area contributed by atoms with E-state index >= 15 is 0 Å². The van der Waals surface area contributed by atoms with Crippen LogP contribution < -0.4 is 10.5 Å². The van der Waals surface area contributed by atoms with Gasteiger partial charge in [-0.1, -0.05) is 27.7 Å². The van der Waals surface area contributed by atoms with Crippen molar-refractivity contribution < 1.29 is 34.1 Å². The molecule has 1 aromatic carbocycles. The summed E-state index contributed by atoms with van der Waals surface area (Å²) < 4.78 is 13.1. The van der Waals surface area contributed by atoms with Crippen LogP contribution in [-0.2, 0) is 27.3 Å². The van der Waals surface area contributed by atoms with E-state index in [4.69, 9.17) is 20.3 Å². The van der Waals surface area contributed by atoms with Gasteiger partial charge in [0.05, 0.1) is 12.1 Å². The number of nitrogens with zero attached hydrogens (tertiary/aromatic N) is 1. The van der Waals surface area contributed by atoms with Crippen LogP contribution in [0.15, 0.2) is 6.07 Å². The maximum absolute atomic E-state index is 13.4. The molecule has 220 valence electrons. The fourth-order valence-corrected chi connectivity index (χ4v) is 8.46. The van der Waals surface area contributed by atoms with Gasteiger partial charge in [0.15, 0.2) is 0 Å². The van der Waals surface area contributed by atoms with Crippen molar-refractivity contribution in [1.82, 2.24) is 4.90 Å². The largest absolute Gasteiger partial charge is 0.508 e. The highest BCUT2D eigenvalue weighted by Crippen LogP contribution is 2.67. The van der Waals surface area contributed by atoms with Gasteiger partial charge in [0, 0.05) is 41.3 Å². The van der Waals surface area contributed by atoms with E-state index in [1.165, 1.54) is 6.92 Å². The molecule has 9 heteroatoms. The highest BCUT2D eigenvalue weighted by Gasteiger charge is 2.68. The van der Waals surface area contributed by atoms with E-state index in [1.807, 2.05) is 0 Å². The van der Waals surface area contributed by atoms with Crippen LogP contribution in [0.3, 0.4) is 0 Å². The summed E-state index contributed by atoms with van der Waals surface area (Å²) in [5, 5.41) is 20.2. The number of hydrogen-bond donors (Lipinski definition) is 3. The molecule has 0 saturated heterocycles. The van der Waals surface area contributed by atoms with Crippen LogP contribution in [-0.4, -0.2) is 57.3 Å². The summed E-state index contributed by atoms with van der Waals surface area (Å²) >= 11 is 0. The van der Waals surface area contributed by atoms with Gasteiger partial charge in [-0.05, 0) is 63.4 Å². The van der Waals surface area contributed by atoms with E-state index in [1.54, 1.807) is 11.0 Å². The molecule has 0 bridgehead atoms. The lowest BCUT2D eigenvalue weighted by molar-refractivity contribution is -0.238. The standard InChI is InChI=1S/C31H44N2O7/c1-17-9-10-24-29(3,4)25(39-18(2)34)11-12-31(24)30(17,5)15-20-23(35)14-19-21(26(20)40-31)16-33(27(19)36)13-7-6-8-22(32)28(37)38/h14,17,22,24-25,35H,6-13,15-16,32H2,1-5H3,(H,37,38)/t17-,22?,24-,25-,30+,31-/m0/s1. The van der Waals surface area contributed by atoms with Crippen LogP contribution in [0.1, 0.15) is 101 Å². The third-order valence-electron chi connectivity index (χ3n) is 11.0. The van der Waals surface area contributed by atoms with E-state index in [2.05, 4.69) is 27.7 Å². The van der Waals surface area contributed by atoms with E-state index in [0.717, 1.165) is 30.4 Å². The Morgan fingerprint density at radius 3 is 2.60 bits per heavy atom. The van der Waals surface area contributed by atoms with Gasteiger partial charge >= 0.3 is 11.9 Å². The Morgan fingerprint density at radius 1 is 1.20 bits per heavy atom. The van der Waals surface area contributed by atoms with Crippen molar-refractivity contribution >= 4 is 17.8 Å². The molecule has 1 spiro atoms. The molecule has 1 unspecified atom stereocenters. The summed E-state index contributed by atoms with van der Waals surface area (Å²) in [5.41, 5.74) is 6.66. The molecular weight excluding hydrogens is 512 g/mol. The van der Waals surface area contributed by atoms with E-state index in [-0.39, 0.29) is 40.5 Å². The maximum Gasteiger partial charge on any atom is 0.320 e. The summed E-state index contributed by atoms with van der Waals surface area (Å²) in [4.78, 5) is 38.1. The lowest BCUT2D eigenvalue weighted by atomic mass is 9.43. The Labute approximate surface area is 236 Å². The van der Waals surface area contributed by atoms with Crippen LogP contribution in [0, 0.1) is 22.7 Å². The van der Waals surface area contributed by atoms with Crippen molar-refractivity contribution in [3.8, 4) is 11.5 Å². The van der Waals surface area contributed by atoms with E-state index in [0.29, 0.717) is 62.4 Å². The van der Waals surface area contributed by atoms with Crippen molar-refractivity contribution in [2.75, 3.05) is 6.54 Å². The van der Waals surface area contributed by atoms with Gasteiger partial charge in [-0.25, -0.2) is 0 Å². The summed E-state index contributed by atoms with van der Waals surface area (Å²) in [7, 11) is 0. The number of unbranched alkanes of at least 4 members (excludes halogenated alkanes) is 1. The van der Waals surface area contributed by atoms with Crippen molar-refractivity contribution in [3.05, 3.63) is 22.8 Å². The predicted octanol–water partition coefficient (Wildman–Crippen LogP) is 4.41. The Kier molecular flexibility index (Phi) is 7.12. The second kappa shape index (κ2) is 9.93. The zero-order valence-corrected chi connectivity index (χ0v) is 24.4. The molecule has 2 aliphatic carbocycles. The first-order valence-corrected chi connectivity index (χ1v) is 14.7. The predicted molar refractivity (Wildman–Crippen MR) is 148 cm³/mol. The molecule has 2 saturated carbocycles. The molecule has 5 rings (SSSR count). The second-order valence-corrected chi connectivity index (χ2v) is 13.5. The first-order valence-electron chi connectivity index (χ1n) is 14.7. The van der Waals surface area contributed by atoms with Crippen LogP contribution >= 0.6 is 0 Å². The monoisotopic (exact) mass is 556 g/mol. The van der Waals surface area contributed by atoms with Crippen LogP contribution in [0.4, 0.5) is 0 Å². The molecule has 4 aliphatic rings. The summed E-state index contributed by atoms with van der Waals surface area (Å²) in [5.74, 6) is -0.167. The van der Waals surface area contributed by atoms with Gasteiger partial charge < -0.3 is 30.3 Å². The minimum atomic E-state index is -1.02. The molecule has 1 aromatic rings. The van der Waals surface area contributed by atoms with Gasteiger partial charge in [0.2, 0.25) is 0 Å². The van der Waals surface area contributed by atoms with Crippen molar-refractivity contribution in [2.45, 2.75) is 110 Å². The molecule has 6 atom stereocenters. The van der Waals surface area contributed by atoms with Crippen LogP contribution in [0.25, 0.3) is 0 Å². The molecule has 40 heavy (non-hydrogen) atoms. The number of phenols is 1. The number of aromatic hydroxyl groups is 1. The molecule has 2 fully saturated rings. The molecule has 0 aromatic heterocycles. The number of carboxylic acids is 1. The number of fused-ring (bicyclic) bond motifs is 3. The number of amides is 1. The smallest absolute Gasteiger partial charge is 0.320 e. The number of benzene rings is 1. The second-order valence-electron chi connectivity index (χ2n) is 13.5. The average Bonchev–Trinajstić information content (AvgIpc) is 3.18. The first-order chi connectivity index (χ1) is 18.7. The number of aliphatic carboxylic acids is 1. The molecule has 1 amide bonds. The number of carbonyl (C=O) groups excluding carboxylic acids is 2. The van der Waals surface area contributed by atoms with Crippen molar-refractivity contribution in [3.63, 3.8) is 0 Å². The van der Waals surface area contributed by atoms with E-state index in [9.17, 15) is 19.5 Å². The maximum atomic E-state index is 13.4. The fraction of sp³-hybridized carbons (Fsp3) is 0.710. The molecule has 9 nitrogen and oxygen atoms in total. The quantitative estimate of drug-likeness (QED) is 0.332. The number of carboxylic acid groups (broad SMARTS) is 1. The molecule has 2 heterocycles. The van der Waals surface area contributed by atoms with Gasteiger partial charge in [0.25, 0.3) is 5.91 Å². The Hall–Kier alpha value is -2.81. The Morgan fingerprint density at radius 2 is 1.93 bits per heavy atom. The van der Waals surface area contributed by atoms with Crippen molar-refractivity contribution in [2.24, 2.45) is 28.4 Å². The highest BCUT2D eigenvalue weighted by molar-refractivity contribution is 6.00. The van der Waals surface area contributed by atoms with Gasteiger partial charge in [-0.3, -0.25) is 14.4 Å². The molecule has 2 aliphatic heterocycles. The average molecular weight is 557 g/mol. The number of phenolic OH excluding ortho intramolecular Hbond substituents is 1. The third-order valence-corrected chi connectivity index (χ3v) is 11.0. The Bertz CT molecular complexity index is 1230. The minimum Gasteiger partial charge on any atom is -0.508 e. The number of carbonyl (C=O) groups is 3. The number of ether oxygens (including phenoxy) is 2. The number of rotatable bonds is 7. The summed E-state index contributed by atoms with van der Waals surface area (Å²) in [6.07, 6.45) is 5.50. The van der Waals surface area contributed by atoms with Gasteiger partial charge in [-0.2, -0.15) is 0 Å². The van der Waals surface area contributed by atoms with Gasteiger partial charge in [-0.15, -0.1) is 0 Å². The van der Waals surface area contributed by atoms with Crippen LogP contribution in [0.2, 0.25) is 0 Å². The molecule has 0 radical (unpaired) electrons. The first kappa shape index (κ1) is 28.7. The van der Waals surface area contributed by atoms with E-state index < -0.39 is 17.6 Å². The normalized spacial score (nSPS) is 32.7. The molecule has 4 N–H and O–H groups in total. The zero-order valence-electron chi connectivity index (χ0n) is 24.4. The zero-order chi connectivity index (χ0) is 29.2. The lowest BCUT2D eigenvalue weighted by Crippen LogP contribution is -2.70. The lowest BCUT2D eigenvalue weighted by Gasteiger charge is -2.67. The van der Waals surface area contributed by atoms with Crippen molar-refractivity contribution in [1.29, 1.82) is 0 Å². The topological polar surface area (TPSA) is 139 Å². The number of nitrogens with two attached hydrogens (primary N) is 1. The molecular formula is C31H44N2O7. The summed E-state index contributed by atoms with van der Waals surface area (Å²) in [6, 6.07) is 0.706. The van der Waals surface area contributed by atoms with Gasteiger partial charge in [0.1, 0.15) is 29.2 Å². The third kappa shape index (κ3) is 4.27.